The zero-order valence-electron chi connectivity index (χ0n) is 13.8. The minimum absolute atomic E-state index is 0.728. The molecule has 4 aromatic rings. The second kappa shape index (κ2) is 5.72. The maximum atomic E-state index is 4.69. The molecule has 0 aromatic carbocycles. The quantitative estimate of drug-likeness (QED) is 0.569. The Kier molecular flexibility index (Phi) is 3.54. The molecule has 0 atom stereocenters. The van der Waals surface area contributed by atoms with Crippen LogP contribution in [0.2, 0.25) is 0 Å². The number of fused-ring (bicyclic) bond motifs is 1. The highest BCUT2D eigenvalue weighted by Gasteiger charge is 2.07. The second-order valence-electron chi connectivity index (χ2n) is 5.78. The predicted molar refractivity (Wildman–Crippen MR) is 97.9 cm³/mol. The normalized spacial score (nSPS) is 11.8. The summed E-state index contributed by atoms with van der Waals surface area (Å²) < 4.78 is 4.02. The third-order valence-corrected chi connectivity index (χ3v) is 4.76. The van der Waals surface area contributed by atoms with Gasteiger partial charge in [-0.1, -0.05) is 6.07 Å². The molecular formula is C18H17N5S. The lowest BCUT2D eigenvalue weighted by atomic mass is 10.3. The van der Waals surface area contributed by atoms with Crippen LogP contribution in [0.25, 0.3) is 28.5 Å². The number of rotatable bonds is 3. The first-order valence-corrected chi connectivity index (χ1v) is 8.57. The minimum atomic E-state index is 0.728. The van der Waals surface area contributed by atoms with E-state index in [1.807, 2.05) is 59.6 Å². The van der Waals surface area contributed by atoms with Crippen molar-refractivity contribution in [3.63, 3.8) is 0 Å². The molecule has 0 aliphatic carbocycles. The van der Waals surface area contributed by atoms with Crippen molar-refractivity contribution in [1.82, 2.24) is 23.9 Å². The van der Waals surface area contributed by atoms with Crippen molar-refractivity contribution in [3.05, 3.63) is 58.9 Å². The zero-order chi connectivity index (χ0) is 16.7. The fourth-order valence-corrected chi connectivity index (χ4v) is 3.39. The molecule has 0 bridgehead atoms. The van der Waals surface area contributed by atoms with E-state index in [9.17, 15) is 0 Å². The van der Waals surface area contributed by atoms with Crippen LogP contribution in [0.15, 0.2) is 36.0 Å². The van der Waals surface area contributed by atoms with Gasteiger partial charge in [0.15, 0.2) is 0 Å². The summed E-state index contributed by atoms with van der Waals surface area (Å²) in [5, 5.41) is 2.06. The van der Waals surface area contributed by atoms with Crippen molar-refractivity contribution in [3.8, 4) is 10.6 Å². The molecule has 0 spiro atoms. The van der Waals surface area contributed by atoms with E-state index in [4.69, 9.17) is 0 Å². The number of thiophene rings is 1. The monoisotopic (exact) mass is 335 g/mol. The van der Waals surface area contributed by atoms with Gasteiger partial charge in [-0.25, -0.2) is 15.0 Å². The molecule has 120 valence electrons. The number of hydrogen-bond acceptors (Lipinski definition) is 4. The van der Waals surface area contributed by atoms with Crippen molar-refractivity contribution in [2.75, 3.05) is 0 Å². The van der Waals surface area contributed by atoms with Gasteiger partial charge in [0.05, 0.1) is 16.3 Å². The Bertz CT molecular complexity index is 1040. The first-order valence-electron chi connectivity index (χ1n) is 7.69. The Labute approximate surface area is 144 Å². The first-order chi connectivity index (χ1) is 11.6. The number of imidazole rings is 2. The molecule has 4 heterocycles. The molecule has 0 radical (unpaired) electrons. The van der Waals surface area contributed by atoms with E-state index in [-0.39, 0.29) is 0 Å². The van der Waals surface area contributed by atoms with Gasteiger partial charge in [-0.05, 0) is 43.5 Å². The maximum absolute atomic E-state index is 4.69. The highest BCUT2D eigenvalue weighted by Crippen LogP contribution is 2.24. The van der Waals surface area contributed by atoms with E-state index in [0.717, 1.165) is 34.4 Å². The van der Waals surface area contributed by atoms with Crippen LogP contribution in [0.4, 0.5) is 0 Å². The molecular weight excluding hydrogens is 318 g/mol. The minimum Gasteiger partial charge on any atom is -0.334 e. The van der Waals surface area contributed by atoms with Crippen LogP contribution in [-0.2, 0) is 7.05 Å². The van der Waals surface area contributed by atoms with Crippen molar-refractivity contribution >= 4 is 29.3 Å². The van der Waals surface area contributed by atoms with Gasteiger partial charge >= 0.3 is 0 Å². The van der Waals surface area contributed by atoms with Gasteiger partial charge in [0, 0.05) is 30.8 Å². The molecule has 5 nitrogen and oxygen atoms in total. The van der Waals surface area contributed by atoms with Crippen LogP contribution < -0.4 is 0 Å². The SMILES string of the molecule is Cc1cc(C)n2cc(/C=C/c3nc(-c4cccs4)cn3C)nc2n1. The number of aromatic nitrogens is 5. The average Bonchev–Trinajstić information content (AvgIpc) is 3.24. The first kappa shape index (κ1) is 14.8. The highest BCUT2D eigenvalue weighted by molar-refractivity contribution is 7.13. The van der Waals surface area contributed by atoms with Crippen LogP contribution in [0.5, 0.6) is 0 Å². The lowest BCUT2D eigenvalue weighted by Crippen LogP contribution is -1.94. The molecule has 6 heteroatoms. The van der Waals surface area contributed by atoms with Crippen LogP contribution in [0, 0.1) is 13.8 Å². The summed E-state index contributed by atoms with van der Waals surface area (Å²) in [6.07, 6.45) is 8.01. The Morgan fingerprint density at radius 3 is 2.75 bits per heavy atom. The molecule has 0 fully saturated rings. The fourth-order valence-electron chi connectivity index (χ4n) is 2.71. The zero-order valence-corrected chi connectivity index (χ0v) is 14.6. The van der Waals surface area contributed by atoms with Crippen molar-refractivity contribution in [2.45, 2.75) is 13.8 Å². The lowest BCUT2D eigenvalue weighted by Gasteiger charge is -1.98. The fraction of sp³-hybridized carbons (Fsp3) is 0.167. The van der Waals surface area contributed by atoms with Gasteiger partial charge in [-0.15, -0.1) is 11.3 Å². The van der Waals surface area contributed by atoms with Gasteiger partial charge in [-0.3, -0.25) is 4.40 Å². The standard InChI is InChI=1S/C18H17N5S/c1-12-9-13(2)23-10-14(20-18(23)19-12)6-7-17-21-15(11-22(17)3)16-5-4-8-24-16/h4-11H,1-3H3/b7-6+. The van der Waals surface area contributed by atoms with Crippen LogP contribution in [-0.4, -0.2) is 23.9 Å². The molecule has 0 unspecified atom stereocenters. The lowest BCUT2D eigenvalue weighted by molar-refractivity contribution is 0.898. The molecule has 4 rings (SSSR count). The van der Waals surface area contributed by atoms with Crippen molar-refractivity contribution in [2.24, 2.45) is 7.05 Å². The van der Waals surface area contributed by atoms with E-state index in [0.29, 0.717) is 0 Å². The number of nitrogens with zero attached hydrogens (tertiary/aromatic N) is 5. The molecule has 0 aliphatic rings. The van der Waals surface area contributed by atoms with Gasteiger partial charge in [0.25, 0.3) is 0 Å². The topological polar surface area (TPSA) is 48.0 Å². The third-order valence-electron chi connectivity index (χ3n) is 3.87. The molecule has 0 saturated carbocycles. The molecule has 24 heavy (non-hydrogen) atoms. The molecule has 0 saturated heterocycles. The Morgan fingerprint density at radius 1 is 1.08 bits per heavy atom. The third kappa shape index (κ3) is 2.65. The van der Waals surface area contributed by atoms with Gasteiger partial charge in [-0.2, -0.15) is 0 Å². The summed E-state index contributed by atoms with van der Waals surface area (Å²) in [5.74, 6) is 1.63. The highest BCUT2D eigenvalue weighted by atomic mass is 32.1. The molecule has 0 amide bonds. The Hall–Kier alpha value is -2.73. The average molecular weight is 335 g/mol. The van der Waals surface area contributed by atoms with Gasteiger partial charge in [0.2, 0.25) is 5.78 Å². The van der Waals surface area contributed by atoms with E-state index in [2.05, 4.69) is 33.3 Å². The second-order valence-corrected chi connectivity index (χ2v) is 6.73. The maximum Gasteiger partial charge on any atom is 0.234 e. The summed E-state index contributed by atoms with van der Waals surface area (Å²) in [7, 11) is 2.00. The Morgan fingerprint density at radius 2 is 1.96 bits per heavy atom. The van der Waals surface area contributed by atoms with Crippen molar-refractivity contribution in [1.29, 1.82) is 0 Å². The van der Waals surface area contributed by atoms with Crippen LogP contribution >= 0.6 is 11.3 Å². The van der Waals surface area contributed by atoms with E-state index < -0.39 is 0 Å². The van der Waals surface area contributed by atoms with Gasteiger partial charge < -0.3 is 4.57 Å². The van der Waals surface area contributed by atoms with Crippen LogP contribution in [0.3, 0.4) is 0 Å². The summed E-state index contributed by atoms with van der Waals surface area (Å²) in [6.45, 7) is 4.04. The van der Waals surface area contributed by atoms with E-state index >= 15 is 0 Å². The smallest absolute Gasteiger partial charge is 0.234 e. The predicted octanol–water partition coefficient (Wildman–Crippen LogP) is 3.98. The molecule has 0 aliphatic heterocycles. The summed E-state index contributed by atoms with van der Waals surface area (Å²) in [4.78, 5) is 14.9. The summed E-state index contributed by atoms with van der Waals surface area (Å²) >= 11 is 1.69. The number of aryl methyl sites for hydroxylation is 3. The number of hydrogen-bond donors (Lipinski definition) is 0. The van der Waals surface area contributed by atoms with Crippen LogP contribution in [0.1, 0.15) is 22.9 Å². The summed E-state index contributed by atoms with van der Waals surface area (Å²) in [6, 6.07) is 6.17. The van der Waals surface area contributed by atoms with E-state index in [1.165, 1.54) is 4.88 Å². The van der Waals surface area contributed by atoms with Crippen molar-refractivity contribution < 1.29 is 0 Å². The van der Waals surface area contributed by atoms with E-state index in [1.54, 1.807) is 11.3 Å². The Balaban J connectivity index is 1.67. The van der Waals surface area contributed by atoms with Gasteiger partial charge in [0.1, 0.15) is 5.82 Å². The summed E-state index contributed by atoms with van der Waals surface area (Å²) in [5.41, 5.74) is 3.97. The molecule has 0 N–H and O–H groups in total. The molecule has 4 aromatic heterocycles. The largest absolute Gasteiger partial charge is 0.334 e.